The summed E-state index contributed by atoms with van der Waals surface area (Å²) >= 11 is 0. The van der Waals surface area contributed by atoms with Crippen molar-refractivity contribution in [3.8, 4) is 0 Å². The minimum atomic E-state index is -0.215. The van der Waals surface area contributed by atoms with E-state index < -0.39 is 0 Å². The molecule has 1 aliphatic rings. The zero-order valence-corrected chi connectivity index (χ0v) is 11.0. The lowest BCUT2D eigenvalue weighted by molar-refractivity contribution is 0.162. The number of hydrogen-bond donors (Lipinski definition) is 2. The maximum absolute atomic E-state index is 5.87. The zero-order valence-electron chi connectivity index (χ0n) is 11.0. The predicted octanol–water partition coefficient (Wildman–Crippen LogP) is 2.94. The van der Waals surface area contributed by atoms with Crippen LogP contribution in [0.5, 0.6) is 0 Å². The summed E-state index contributed by atoms with van der Waals surface area (Å²) in [5.41, 5.74) is 4.86. The van der Waals surface area contributed by atoms with E-state index in [1.807, 2.05) is 18.2 Å². The standard InChI is InChI=1S/C15H18N2O2/c1-10-5-6-12-11(8-10)9-14(19-12)15(17-16)13-4-2-3-7-18-13/h4-6,8-9,15,17H,2-3,7,16H2,1H3. The molecule has 1 aromatic heterocycles. The van der Waals surface area contributed by atoms with Crippen LogP contribution < -0.4 is 11.3 Å². The zero-order chi connectivity index (χ0) is 13.2. The Labute approximate surface area is 112 Å². The van der Waals surface area contributed by atoms with Crippen molar-refractivity contribution in [2.75, 3.05) is 6.61 Å². The molecule has 2 aromatic rings. The molecule has 0 fully saturated rings. The minimum absolute atomic E-state index is 0.215. The van der Waals surface area contributed by atoms with E-state index in [0.29, 0.717) is 0 Å². The number of nitrogens with two attached hydrogens (primary N) is 1. The maximum Gasteiger partial charge on any atom is 0.136 e. The second-order valence-electron chi connectivity index (χ2n) is 4.89. The third kappa shape index (κ3) is 2.37. The first kappa shape index (κ1) is 12.3. The Morgan fingerprint density at radius 1 is 1.32 bits per heavy atom. The highest BCUT2D eigenvalue weighted by Crippen LogP contribution is 2.30. The third-order valence-electron chi connectivity index (χ3n) is 3.39. The minimum Gasteiger partial charge on any atom is -0.496 e. The van der Waals surface area contributed by atoms with Gasteiger partial charge in [-0.2, -0.15) is 0 Å². The smallest absolute Gasteiger partial charge is 0.136 e. The molecule has 4 heteroatoms. The fourth-order valence-electron chi connectivity index (χ4n) is 2.41. The van der Waals surface area contributed by atoms with Crippen LogP contribution in [-0.4, -0.2) is 6.61 Å². The number of furan rings is 1. The Balaban J connectivity index is 1.98. The predicted molar refractivity (Wildman–Crippen MR) is 74.3 cm³/mol. The summed E-state index contributed by atoms with van der Waals surface area (Å²) in [7, 11) is 0. The number of hydrazine groups is 1. The van der Waals surface area contributed by atoms with Crippen molar-refractivity contribution in [2.24, 2.45) is 5.84 Å². The molecule has 0 saturated heterocycles. The number of aryl methyl sites for hydroxylation is 1. The van der Waals surface area contributed by atoms with Crippen LogP contribution in [-0.2, 0) is 4.74 Å². The molecule has 0 amide bonds. The first-order chi connectivity index (χ1) is 9.28. The lowest BCUT2D eigenvalue weighted by Gasteiger charge is -2.21. The summed E-state index contributed by atoms with van der Waals surface area (Å²) < 4.78 is 11.5. The van der Waals surface area contributed by atoms with Crippen LogP contribution in [0.15, 0.2) is 40.5 Å². The van der Waals surface area contributed by atoms with Gasteiger partial charge in [0.25, 0.3) is 0 Å². The van der Waals surface area contributed by atoms with Crippen molar-refractivity contribution in [3.05, 3.63) is 47.4 Å². The molecule has 0 aliphatic carbocycles. The van der Waals surface area contributed by atoms with Gasteiger partial charge in [0.1, 0.15) is 23.1 Å². The van der Waals surface area contributed by atoms with Crippen LogP contribution in [0.4, 0.5) is 0 Å². The van der Waals surface area contributed by atoms with Gasteiger partial charge < -0.3 is 9.15 Å². The highest BCUT2D eigenvalue weighted by molar-refractivity contribution is 5.78. The Morgan fingerprint density at radius 2 is 2.21 bits per heavy atom. The second kappa shape index (κ2) is 5.07. The first-order valence-corrected chi connectivity index (χ1v) is 6.57. The molecule has 1 aliphatic heterocycles. The van der Waals surface area contributed by atoms with Crippen molar-refractivity contribution in [1.82, 2.24) is 5.43 Å². The van der Waals surface area contributed by atoms with Crippen LogP contribution in [0.3, 0.4) is 0 Å². The van der Waals surface area contributed by atoms with Crippen LogP contribution >= 0.6 is 0 Å². The molecule has 0 radical (unpaired) electrons. The van der Waals surface area contributed by atoms with E-state index in [0.717, 1.165) is 41.9 Å². The van der Waals surface area contributed by atoms with E-state index in [-0.39, 0.29) is 6.04 Å². The molecule has 1 atom stereocenters. The summed E-state index contributed by atoms with van der Waals surface area (Å²) in [5, 5.41) is 1.09. The summed E-state index contributed by atoms with van der Waals surface area (Å²) in [6, 6.07) is 7.93. The van der Waals surface area contributed by atoms with Gasteiger partial charge in [-0.25, -0.2) is 5.43 Å². The quantitative estimate of drug-likeness (QED) is 0.656. The lowest BCUT2D eigenvalue weighted by Crippen LogP contribution is -2.30. The van der Waals surface area contributed by atoms with Gasteiger partial charge in [0.15, 0.2) is 0 Å². The molecule has 1 unspecified atom stereocenters. The van der Waals surface area contributed by atoms with Crippen LogP contribution in [0, 0.1) is 6.92 Å². The van der Waals surface area contributed by atoms with E-state index in [1.54, 1.807) is 0 Å². The number of allylic oxidation sites excluding steroid dienone is 1. The van der Waals surface area contributed by atoms with Crippen molar-refractivity contribution in [2.45, 2.75) is 25.8 Å². The normalized spacial score (nSPS) is 17.1. The first-order valence-electron chi connectivity index (χ1n) is 6.57. The molecule has 4 nitrogen and oxygen atoms in total. The number of rotatable bonds is 3. The van der Waals surface area contributed by atoms with E-state index in [2.05, 4.69) is 24.5 Å². The molecule has 2 heterocycles. The Kier molecular flexibility index (Phi) is 3.27. The summed E-state index contributed by atoms with van der Waals surface area (Å²) in [5.74, 6) is 7.30. The monoisotopic (exact) mass is 258 g/mol. The van der Waals surface area contributed by atoms with Gasteiger partial charge >= 0.3 is 0 Å². The second-order valence-corrected chi connectivity index (χ2v) is 4.89. The average Bonchev–Trinajstić information content (AvgIpc) is 2.83. The maximum atomic E-state index is 5.87. The molecule has 3 N–H and O–H groups in total. The molecule has 3 rings (SSSR count). The summed E-state index contributed by atoms with van der Waals surface area (Å²) in [4.78, 5) is 0. The SMILES string of the molecule is Cc1ccc2oc(C(NN)C3=CCCCO3)cc2c1. The number of benzene rings is 1. The topological polar surface area (TPSA) is 60.4 Å². The van der Waals surface area contributed by atoms with Crippen molar-refractivity contribution < 1.29 is 9.15 Å². The molecular formula is C15H18N2O2. The highest BCUT2D eigenvalue weighted by atomic mass is 16.5. The van der Waals surface area contributed by atoms with Crippen molar-refractivity contribution >= 4 is 11.0 Å². The molecule has 1 aromatic carbocycles. The lowest BCUT2D eigenvalue weighted by atomic mass is 10.1. The van der Waals surface area contributed by atoms with Gasteiger partial charge in [0.2, 0.25) is 0 Å². The van der Waals surface area contributed by atoms with Crippen LogP contribution in [0.2, 0.25) is 0 Å². The Hall–Kier alpha value is -1.78. The average molecular weight is 258 g/mol. The fourth-order valence-corrected chi connectivity index (χ4v) is 2.41. The van der Waals surface area contributed by atoms with Gasteiger partial charge in [0, 0.05) is 5.39 Å². The molecule has 0 saturated carbocycles. The van der Waals surface area contributed by atoms with Crippen LogP contribution in [0.1, 0.15) is 30.2 Å². The van der Waals surface area contributed by atoms with Gasteiger partial charge in [-0.05, 0) is 44.0 Å². The van der Waals surface area contributed by atoms with Gasteiger partial charge in [0.05, 0.1) is 6.61 Å². The summed E-state index contributed by atoms with van der Waals surface area (Å²) in [6.45, 7) is 2.81. The molecule has 19 heavy (non-hydrogen) atoms. The van der Waals surface area contributed by atoms with Gasteiger partial charge in [-0.3, -0.25) is 5.84 Å². The molecule has 0 spiro atoms. The largest absolute Gasteiger partial charge is 0.496 e. The van der Waals surface area contributed by atoms with Gasteiger partial charge in [-0.15, -0.1) is 0 Å². The van der Waals surface area contributed by atoms with E-state index in [4.69, 9.17) is 15.0 Å². The third-order valence-corrected chi connectivity index (χ3v) is 3.39. The van der Waals surface area contributed by atoms with E-state index >= 15 is 0 Å². The fraction of sp³-hybridized carbons (Fsp3) is 0.333. The van der Waals surface area contributed by atoms with Crippen LogP contribution in [0.25, 0.3) is 11.0 Å². The number of ether oxygens (including phenoxy) is 1. The van der Waals surface area contributed by atoms with E-state index in [1.165, 1.54) is 5.56 Å². The van der Waals surface area contributed by atoms with Crippen molar-refractivity contribution in [3.63, 3.8) is 0 Å². The Morgan fingerprint density at radius 3 is 2.95 bits per heavy atom. The van der Waals surface area contributed by atoms with Crippen molar-refractivity contribution in [1.29, 1.82) is 0 Å². The molecule has 100 valence electrons. The molecule has 0 bridgehead atoms. The highest BCUT2D eigenvalue weighted by Gasteiger charge is 2.22. The number of nitrogens with one attached hydrogen (secondary N) is 1. The Bertz CT molecular complexity index is 616. The number of fused-ring (bicyclic) bond motifs is 1. The summed E-state index contributed by atoms with van der Waals surface area (Å²) in [6.07, 6.45) is 4.15. The van der Waals surface area contributed by atoms with E-state index in [9.17, 15) is 0 Å². The molecular weight excluding hydrogens is 240 g/mol. The number of hydrogen-bond acceptors (Lipinski definition) is 4. The van der Waals surface area contributed by atoms with Gasteiger partial charge in [-0.1, -0.05) is 11.6 Å².